The van der Waals surface area contributed by atoms with Gasteiger partial charge in [0.05, 0.1) is 6.61 Å². The summed E-state index contributed by atoms with van der Waals surface area (Å²) in [5, 5.41) is 0.683. The van der Waals surface area contributed by atoms with Gasteiger partial charge in [0.25, 0.3) is 0 Å². The third-order valence-electron chi connectivity index (χ3n) is 6.58. The van der Waals surface area contributed by atoms with Gasteiger partial charge in [0, 0.05) is 42.9 Å². The van der Waals surface area contributed by atoms with E-state index in [0.29, 0.717) is 37.6 Å². The number of rotatable bonds is 6. The summed E-state index contributed by atoms with van der Waals surface area (Å²) in [7, 11) is 0. The molecular weight excluding hydrogens is 446 g/mol. The summed E-state index contributed by atoms with van der Waals surface area (Å²) >= 11 is 5.89. The molecule has 0 unspecified atom stereocenters. The number of piperidine rings is 1. The van der Waals surface area contributed by atoms with Gasteiger partial charge in [0.1, 0.15) is 17.1 Å². The second-order valence-electron chi connectivity index (χ2n) is 8.91. The van der Waals surface area contributed by atoms with E-state index in [1.807, 2.05) is 23.1 Å². The van der Waals surface area contributed by atoms with E-state index in [9.17, 15) is 4.79 Å². The van der Waals surface area contributed by atoms with Gasteiger partial charge >= 0.3 is 0 Å². The van der Waals surface area contributed by atoms with Gasteiger partial charge in [-0.15, -0.1) is 0 Å². The van der Waals surface area contributed by atoms with Crippen LogP contribution in [0, 0.1) is 0 Å². The molecule has 2 aliphatic rings. The molecule has 1 spiro atoms. The first-order valence-electron chi connectivity index (χ1n) is 11.8. The summed E-state index contributed by atoms with van der Waals surface area (Å²) in [6.07, 6.45) is 7.15. The molecule has 0 atom stereocenters. The van der Waals surface area contributed by atoms with Gasteiger partial charge < -0.3 is 14.4 Å². The minimum Gasteiger partial charge on any atom is -0.494 e. The van der Waals surface area contributed by atoms with Crippen molar-refractivity contribution in [1.29, 1.82) is 0 Å². The van der Waals surface area contributed by atoms with Crippen molar-refractivity contribution in [2.24, 2.45) is 0 Å². The van der Waals surface area contributed by atoms with Crippen molar-refractivity contribution >= 4 is 23.6 Å². The molecule has 3 aromatic rings. The van der Waals surface area contributed by atoms with Gasteiger partial charge in [-0.1, -0.05) is 54.1 Å². The maximum absolute atomic E-state index is 12.7. The highest BCUT2D eigenvalue weighted by atomic mass is 35.5. The number of amides is 1. The first-order valence-corrected chi connectivity index (χ1v) is 12.2. The number of halogens is 1. The van der Waals surface area contributed by atoms with Crippen molar-refractivity contribution in [3.63, 3.8) is 0 Å². The summed E-state index contributed by atoms with van der Waals surface area (Å²) in [5.41, 5.74) is 3.16. The van der Waals surface area contributed by atoms with Crippen LogP contribution in [-0.4, -0.2) is 36.1 Å². The number of carbonyl (C=O) groups excluding carboxylic acids is 1. The summed E-state index contributed by atoms with van der Waals surface area (Å²) in [6.45, 7) is 1.93. The molecule has 0 aromatic heterocycles. The molecule has 1 fully saturated rings. The number of carbonyl (C=O) groups is 1. The predicted octanol–water partition coefficient (Wildman–Crippen LogP) is 6.63. The molecule has 34 heavy (non-hydrogen) atoms. The molecule has 3 aromatic carbocycles. The highest BCUT2D eigenvalue weighted by Crippen LogP contribution is 2.38. The van der Waals surface area contributed by atoms with Crippen LogP contribution in [0.15, 0.2) is 78.9 Å². The van der Waals surface area contributed by atoms with Crippen LogP contribution in [0.1, 0.15) is 31.2 Å². The first-order chi connectivity index (χ1) is 16.6. The van der Waals surface area contributed by atoms with Crippen LogP contribution in [0.4, 0.5) is 0 Å². The summed E-state index contributed by atoms with van der Waals surface area (Å²) in [4.78, 5) is 14.6. The Balaban J connectivity index is 1.12. The van der Waals surface area contributed by atoms with Gasteiger partial charge in [-0.2, -0.15) is 0 Å². The molecule has 5 heteroatoms. The molecule has 174 valence electrons. The molecule has 4 nitrogen and oxygen atoms in total. The average Bonchev–Trinajstić information content (AvgIpc) is 2.88. The third kappa shape index (κ3) is 5.13. The van der Waals surface area contributed by atoms with Crippen LogP contribution in [0.5, 0.6) is 11.5 Å². The molecular formula is C29H28ClNO3. The summed E-state index contributed by atoms with van der Waals surface area (Å²) < 4.78 is 12.2. The van der Waals surface area contributed by atoms with E-state index in [-0.39, 0.29) is 11.5 Å². The fraction of sp³-hybridized carbons (Fsp3) is 0.276. The minimum atomic E-state index is -0.324. The maximum atomic E-state index is 12.7. The van der Waals surface area contributed by atoms with Crippen molar-refractivity contribution in [3.05, 3.63) is 89.5 Å². The average molecular weight is 474 g/mol. The Morgan fingerprint density at radius 2 is 1.74 bits per heavy atom. The zero-order chi connectivity index (χ0) is 23.4. The Bertz CT molecular complexity index is 1170. The molecule has 2 heterocycles. The number of benzene rings is 3. The van der Waals surface area contributed by atoms with Crippen molar-refractivity contribution in [3.8, 4) is 22.6 Å². The molecule has 0 saturated carbocycles. The molecule has 0 bridgehead atoms. The van der Waals surface area contributed by atoms with E-state index in [4.69, 9.17) is 21.1 Å². The lowest BCUT2D eigenvalue weighted by atomic mass is 9.87. The Kier molecular flexibility index (Phi) is 6.59. The Morgan fingerprint density at radius 3 is 2.50 bits per heavy atom. The number of hydrogen-bond acceptors (Lipinski definition) is 3. The van der Waals surface area contributed by atoms with E-state index < -0.39 is 0 Å². The maximum Gasteiger partial charge on any atom is 0.222 e. The number of nitrogens with zero attached hydrogens (tertiary/aromatic N) is 1. The first kappa shape index (κ1) is 22.5. The lowest BCUT2D eigenvalue weighted by Gasteiger charge is -2.42. The van der Waals surface area contributed by atoms with Gasteiger partial charge in [-0.25, -0.2) is 0 Å². The van der Waals surface area contributed by atoms with Gasteiger partial charge in [0.2, 0.25) is 5.91 Å². The fourth-order valence-electron chi connectivity index (χ4n) is 4.58. The molecule has 0 aliphatic carbocycles. The van der Waals surface area contributed by atoms with E-state index in [2.05, 4.69) is 54.6 Å². The number of fused-ring (bicyclic) bond motifs is 1. The smallest absolute Gasteiger partial charge is 0.222 e. The third-order valence-corrected chi connectivity index (χ3v) is 6.83. The van der Waals surface area contributed by atoms with E-state index in [1.165, 1.54) is 11.1 Å². The SMILES string of the molecule is O=C(CCCOc1ccc(Cl)cc1)N1CCC2(C=Cc3cc(-c4ccccc4)ccc3O2)CC1. The normalized spacial score (nSPS) is 16.1. The van der Waals surface area contributed by atoms with E-state index >= 15 is 0 Å². The van der Waals surface area contributed by atoms with Crippen molar-refractivity contribution in [2.45, 2.75) is 31.3 Å². The Hall–Kier alpha value is -3.24. The van der Waals surface area contributed by atoms with Gasteiger partial charge in [0.15, 0.2) is 0 Å². The highest BCUT2D eigenvalue weighted by Gasteiger charge is 2.37. The van der Waals surface area contributed by atoms with Gasteiger partial charge in [-0.05, 0) is 60.0 Å². The zero-order valence-corrected chi connectivity index (χ0v) is 19.8. The summed E-state index contributed by atoms with van der Waals surface area (Å²) in [5.74, 6) is 1.87. The molecule has 0 radical (unpaired) electrons. The number of ether oxygens (including phenoxy) is 2. The van der Waals surface area contributed by atoms with Crippen molar-refractivity contribution in [1.82, 2.24) is 4.90 Å². The zero-order valence-electron chi connectivity index (χ0n) is 19.1. The second kappa shape index (κ2) is 9.94. The fourth-order valence-corrected chi connectivity index (χ4v) is 4.71. The Labute approximate surface area is 205 Å². The van der Waals surface area contributed by atoms with Crippen LogP contribution in [0.25, 0.3) is 17.2 Å². The quantitative estimate of drug-likeness (QED) is 0.377. The highest BCUT2D eigenvalue weighted by molar-refractivity contribution is 6.30. The lowest BCUT2D eigenvalue weighted by Crippen LogP contribution is -2.49. The molecule has 1 amide bonds. The van der Waals surface area contributed by atoms with Crippen LogP contribution in [0.2, 0.25) is 5.02 Å². The van der Waals surface area contributed by atoms with Crippen LogP contribution >= 0.6 is 11.6 Å². The molecule has 1 saturated heterocycles. The molecule has 2 aliphatic heterocycles. The van der Waals surface area contributed by atoms with Crippen molar-refractivity contribution < 1.29 is 14.3 Å². The monoisotopic (exact) mass is 473 g/mol. The standard InChI is InChI=1S/C29H28ClNO3/c30-25-9-11-26(12-10-25)33-20-4-7-28(32)31-18-16-29(17-19-31)15-14-24-21-23(8-13-27(24)34-29)22-5-2-1-3-6-22/h1-3,5-6,8-15,21H,4,7,16-20H2. The number of likely N-dealkylation sites (tertiary alicyclic amines) is 1. The summed E-state index contributed by atoms with van der Waals surface area (Å²) in [6, 6.07) is 24.0. The number of hydrogen-bond donors (Lipinski definition) is 0. The largest absolute Gasteiger partial charge is 0.494 e. The van der Waals surface area contributed by atoms with Crippen molar-refractivity contribution in [2.75, 3.05) is 19.7 Å². The van der Waals surface area contributed by atoms with Crippen LogP contribution < -0.4 is 9.47 Å². The van der Waals surface area contributed by atoms with E-state index in [0.717, 1.165) is 29.9 Å². The van der Waals surface area contributed by atoms with Crippen LogP contribution in [0.3, 0.4) is 0 Å². The minimum absolute atomic E-state index is 0.183. The second-order valence-corrected chi connectivity index (χ2v) is 9.34. The predicted molar refractivity (Wildman–Crippen MR) is 136 cm³/mol. The van der Waals surface area contributed by atoms with Gasteiger partial charge in [-0.3, -0.25) is 4.79 Å². The molecule has 5 rings (SSSR count). The Morgan fingerprint density at radius 1 is 0.971 bits per heavy atom. The topological polar surface area (TPSA) is 38.8 Å². The van der Waals surface area contributed by atoms with Crippen LogP contribution in [-0.2, 0) is 4.79 Å². The van der Waals surface area contributed by atoms with E-state index in [1.54, 1.807) is 12.1 Å². The molecule has 0 N–H and O–H groups in total. The lowest BCUT2D eigenvalue weighted by molar-refractivity contribution is -0.134.